The van der Waals surface area contributed by atoms with Gasteiger partial charge in [-0.1, -0.05) is 0 Å². The van der Waals surface area contributed by atoms with E-state index in [2.05, 4.69) is 10.6 Å². The lowest BCUT2D eigenvalue weighted by Crippen LogP contribution is -2.52. The number of aliphatic hydroxyl groups is 1. The minimum atomic E-state index is -1.36. The quantitative estimate of drug-likeness (QED) is 0.350. The van der Waals surface area contributed by atoms with E-state index in [1.165, 1.54) is 0 Å². The molecule has 0 aromatic carbocycles. The standard InChI is InChI=1S/C10H22BN3O3/c15-10(7-13-8-3-4-12-6-8)14-5-1-2-9(14)11(16)17/h8-10,12-13,15-17H,1-7H2/t8-,9+,10?/m1/s1. The minimum Gasteiger partial charge on any atom is -0.426 e. The van der Waals surface area contributed by atoms with Crippen LogP contribution in [0, 0.1) is 0 Å². The summed E-state index contributed by atoms with van der Waals surface area (Å²) in [5.41, 5.74) is 0. The third-order valence-electron chi connectivity index (χ3n) is 3.72. The number of hydrogen-bond acceptors (Lipinski definition) is 6. The molecule has 98 valence electrons. The molecular formula is C10H22BN3O3. The molecule has 0 spiro atoms. The fourth-order valence-electron chi connectivity index (χ4n) is 2.72. The Balaban J connectivity index is 1.76. The van der Waals surface area contributed by atoms with Gasteiger partial charge in [0.1, 0.15) is 6.23 Å². The zero-order valence-electron chi connectivity index (χ0n) is 10.0. The summed E-state index contributed by atoms with van der Waals surface area (Å²) in [6.07, 6.45) is 2.09. The van der Waals surface area contributed by atoms with Crippen LogP contribution in [0.1, 0.15) is 19.3 Å². The normalized spacial score (nSPS) is 31.9. The monoisotopic (exact) mass is 243 g/mol. The lowest BCUT2D eigenvalue weighted by molar-refractivity contribution is 0.00455. The summed E-state index contributed by atoms with van der Waals surface area (Å²) < 4.78 is 0. The SMILES string of the molecule is OB(O)[C@@H]1CCCN1C(O)CN[C@@H]1CCNC1. The van der Waals surface area contributed by atoms with Crippen molar-refractivity contribution >= 4 is 7.12 Å². The van der Waals surface area contributed by atoms with Gasteiger partial charge in [-0.05, 0) is 25.8 Å². The van der Waals surface area contributed by atoms with Gasteiger partial charge in [-0.2, -0.15) is 0 Å². The molecule has 2 aliphatic heterocycles. The van der Waals surface area contributed by atoms with Crippen LogP contribution in [0.25, 0.3) is 0 Å². The van der Waals surface area contributed by atoms with Gasteiger partial charge in [-0.25, -0.2) is 0 Å². The zero-order chi connectivity index (χ0) is 12.3. The molecule has 0 amide bonds. The fraction of sp³-hybridized carbons (Fsp3) is 1.00. The number of nitrogens with one attached hydrogen (secondary N) is 2. The second-order valence-corrected chi connectivity index (χ2v) is 4.94. The maximum Gasteiger partial charge on any atom is 0.469 e. The molecule has 2 fully saturated rings. The molecule has 2 heterocycles. The molecule has 2 rings (SSSR count). The van der Waals surface area contributed by atoms with Gasteiger partial charge in [0.25, 0.3) is 0 Å². The van der Waals surface area contributed by atoms with Gasteiger partial charge in [0, 0.05) is 31.6 Å². The second kappa shape index (κ2) is 6.13. The maximum absolute atomic E-state index is 10.0. The van der Waals surface area contributed by atoms with Crippen molar-refractivity contribution in [1.82, 2.24) is 15.5 Å². The number of aliphatic hydroxyl groups excluding tert-OH is 1. The number of hydrogen-bond donors (Lipinski definition) is 5. The number of likely N-dealkylation sites (tertiary alicyclic amines) is 1. The molecule has 5 N–H and O–H groups in total. The van der Waals surface area contributed by atoms with Crippen LogP contribution in [0.5, 0.6) is 0 Å². The van der Waals surface area contributed by atoms with Gasteiger partial charge in [-0.3, -0.25) is 4.90 Å². The van der Waals surface area contributed by atoms with Crippen LogP contribution in [0.15, 0.2) is 0 Å². The lowest BCUT2D eigenvalue weighted by atomic mass is 9.78. The fourth-order valence-corrected chi connectivity index (χ4v) is 2.72. The molecule has 1 unspecified atom stereocenters. The first-order chi connectivity index (χ1) is 8.18. The van der Waals surface area contributed by atoms with E-state index in [4.69, 9.17) is 0 Å². The van der Waals surface area contributed by atoms with E-state index in [0.717, 1.165) is 38.9 Å². The van der Waals surface area contributed by atoms with Crippen LogP contribution in [0.2, 0.25) is 0 Å². The van der Waals surface area contributed by atoms with Crippen molar-refractivity contribution in [3.63, 3.8) is 0 Å². The molecule has 0 aromatic heterocycles. The Morgan fingerprint density at radius 2 is 2.24 bits per heavy atom. The first kappa shape index (κ1) is 13.3. The molecular weight excluding hydrogens is 221 g/mol. The van der Waals surface area contributed by atoms with Crippen molar-refractivity contribution < 1.29 is 15.2 Å². The summed E-state index contributed by atoms with van der Waals surface area (Å²) in [5, 5.41) is 35.1. The molecule has 3 atom stereocenters. The smallest absolute Gasteiger partial charge is 0.426 e. The van der Waals surface area contributed by atoms with E-state index in [1.807, 2.05) is 0 Å². The van der Waals surface area contributed by atoms with Crippen LogP contribution in [0.4, 0.5) is 0 Å². The summed E-state index contributed by atoms with van der Waals surface area (Å²) in [6, 6.07) is 0.421. The van der Waals surface area contributed by atoms with Crippen molar-refractivity contribution in [3.8, 4) is 0 Å². The first-order valence-corrected chi connectivity index (χ1v) is 6.42. The average Bonchev–Trinajstić information content (AvgIpc) is 2.96. The van der Waals surface area contributed by atoms with Gasteiger partial charge in [0.05, 0.1) is 0 Å². The van der Waals surface area contributed by atoms with Crippen molar-refractivity contribution in [3.05, 3.63) is 0 Å². The van der Waals surface area contributed by atoms with Crippen LogP contribution in [0.3, 0.4) is 0 Å². The maximum atomic E-state index is 10.0. The predicted octanol–water partition coefficient (Wildman–Crippen LogP) is -2.27. The van der Waals surface area contributed by atoms with E-state index in [9.17, 15) is 15.2 Å². The largest absolute Gasteiger partial charge is 0.469 e. The average molecular weight is 243 g/mol. The van der Waals surface area contributed by atoms with Crippen LogP contribution >= 0.6 is 0 Å². The summed E-state index contributed by atoms with van der Waals surface area (Å²) in [5.74, 6) is -0.325. The third kappa shape index (κ3) is 3.40. The van der Waals surface area contributed by atoms with E-state index in [-0.39, 0.29) is 5.94 Å². The molecule has 0 bridgehead atoms. The van der Waals surface area contributed by atoms with Crippen molar-refractivity contribution in [2.24, 2.45) is 0 Å². The van der Waals surface area contributed by atoms with E-state index in [0.29, 0.717) is 12.6 Å². The molecule has 7 heteroatoms. The highest BCUT2D eigenvalue weighted by Gasteiger charge is 2.37. The molecule has 0 saturated carbocycles. The Morgan fingerprint density at radius 3 is 2.88 bits per heavy atom. The van der Waals surface area contributed by atoms with Crippen molar-refractivity contribution in [1.29, 1.82) is 0 Å². The number of rotatable bonds is 5. The van der Waals surface area contributed by atoms with Gasteiger partial charge >= 0.3 is 7.12 Å². The topological polar surface area (TPSA) is 88.0 Å². The van der Waals surface area contributed by atoms with Crippen LogP contribution in [-0.2, 0) is 0 Å². The van der Waals surface area contributed by atoms with Crippen molar-refractivity contribution in [2.45, 2.75) is 37.5 Å². The summed E-state index contributed by atoms with van der Waals surface area (Å²) >= 11 is 0. The van der Waals surface area contributed by atoms with E-state index < -0.39 is 13.3 Å². The molecule has 6 nitrogen and oxygen atoms in total. The minimum absolute atomic E-state index is 0.325. The number of nitrogens with zero attached hydrogens (tertiary/aromatic N) is 1. The summed E-state index contributed by atoms with van der Waals surface area (Å²) in [4.78, 5) is 1.78. The van der Waals surface area contributed by atoms with Gasteiger partial charge in [0.2, 0.25) is 0 Å². The summed E-state index contributed by atoms with van der Waals surface area (Å²) in [7, 11) is -1.36. The van der Waals surface area contributed by atoms with Gasteiger partial charge < -0.3 is 25.8 Å². The Bertz CT molecular complexity index is 239. The molecule has 0 radical (unpaired) electrons. The zero-order valence-corrected chi connectivity index (χ0v) is 10.0. The Morgan fingerprint density at radius 1 is 1.41 bits per heavy atom. The second-order valence-electron chi connectivity index (χ2n) is 4.94. The highest BCUT2D eigenvalue weighted by atomic mass is 16.4. The Kier molecular flexibility index (Phi) is 4.78. The van der Waals surface area contributed by atoms with Gasteiger partial charge in [-0.15, -0.1) is 0 Å². The van der Waals surface area contributed by atoms with Gasteiger partial charge in [0.15, 0.2) is 0 Å². The lowest BCUT2D eigenvalue weighted by Gasteiger charge is -2.29. The summed E-state index contributed by atoms with van der Waals surface area (Å²) in [6.45, 7) is 3.18. The predicted molar refractivity (Wildman–Crippen MR) is 65.2 cm³/mol. The Labute approximate surface area is 102 Å². The highest BCUT2D eigenvalue weighted by molar-refractivity contribution is 6.43. The van der Waals surface area contributed by atoms with Crippen LogP contribution < -0.4 is 10.6 Å². The van der Waals surface area contributed by atoms with Crippen molar-refractivity contribution in [2.75, 3.05) is 26.2 Å². The Hall–Kier alpha value is -0.175. The molecule has 2 aliphatic rings. The molecule has 17 heavy (non-hydrogen) atoms. The molecule has 0 aromatic rings. The van der Waals surface area contributed by atoms with E-state index >= 15 is 0 Å². The van der Waals surface area contributed by atoms with Crippen LogP contribution in [-0.4, -0.2) is 71.6 Å². The highest BCUT2D eigenvalue weighted by Crippen LogP contribution is 2.19. The first-order valence-electron chi connectivity index (χ1n) is 6.42. The third-order valence-corrected chi connectivity index (χ3v) is 3.72. The molecule has 2 saturated heterocycles. The van der Waals surface area contributed by atoms with E-state index in [1.54, 1.807) is 4.90 Å². The molecule has 0 aliphatic carbocycles.